The van der Waals surface area contributed by atoms with Crippen molar-refractivity contribution >= 4 is 38.1 Å². The lowest BCUT2D eigenvalue weighted by Gasteiger charge is -2.30. The maximum atomic E-state index is 12.8. The Kier molecular flexibility index (Phi) is 6.64. The highest BCUT2D eigenvalue weighted by Crippen LogP contribution is 2.38. The van der Waals surface area contributed by atoms with E-state index in [9.17, 15) is 18.0 Å². The number of hydrogen-bond acceptors (Lipinski definition) is 7. The van der Waals surface area contributed by atoms with Gasteiger partial charge in [-0.25, -0.2) is 13.2 Å². The average Bonchev–Trinajstić information content (AvgIpc) is 3.04. The summed E-state index contributed by atoms with van der Waals surface area (Å²) in [5, 5.41) is 3.25. The molecular formula is C21H26N2O5S2. The van der Waals surface area contributed by atoms with Crippen LogP contribution in [0, 0.1) is 0 Å². The molecule has 1 amide bonds. The number of sulfone groups is 1. The van der Waals surface area contributed by atoms with Crippen LogP contribution in [0.25, 0.3) is 0 Å². The van der Waals surface area contributed by atoms with Crippen LogP contribution >= 0.6 is 11.3 Å². The summed E-state index contributed by atoms with van der Waals surface area (Å²) in [6.07, 6.45) is 1.80. The number of anilines is 1. The summed E-state index contributed by atoms with van der Waals surface area (Å²) in [7, 11) is -3.43. The number of nitrogens with one attached hydrogen (secondary N) is 1. The summed E-state index contributed by atoms with van der Waals surface area (Å²) in [4.78, 5) is 28.9. The average molecular weight is 451 g/mol. The summed E-state index contributed by atoms with van der Waals surface area (Å²) >= 11 is 1.38. The van der Waals surface area contributed by atoms with Gasteiger partial charge >= 0.3 is 5.97 Å². The van der Waals surface area contributed by atoms with Gasteiger partial charge in [0.25, 0.3) is 5.91 Å². The predicted molar refractivity (Wildman–Crippen MR) is 117 cm³/mol. The molecule has 162 valence electrons. The van der Waals surface area contributed by atoms with Gasteiger partial charge in [-0.3, -0.25) is 9.69 Å². The lowest BCUT2D eigenvalue weighted by Crippen LogP contribution is -2.35. The first kappa shape index (κ1) is 22.5. The second-order valence-electron chi connectivity index (χ2n) is 7.50. The monoisotopic (exact) mass is 450 g/mol. The first-order valence-corrected chi connectivity index (χ1v) is 12.5. The molecule has 2 heterocycles. The molecule has 9 heteroatoms. The molecule has 30 heavy (non-hydrogen) atoms. The molecule has 1 aliphatic heterocycles. The van der Waals surface area contributed by atoms with E-state index in [1.165, 1.54) is 29.5 Å². The van der Waals surface area contributed by atoms with E-state index in [0.717, 1.165) is 23.2 Å². The Labute approximate surface area is 181 Å². The maximum absolute atomic E-state index is 12.8. The van der Waals surface area contributed by atoms with Gasteiger partial charge in [0, 0.05) is 35.8 Å². The second kappa shape index (κ2) is 8.87. The maximum Gasteiger partial charge on any atom is 0.341 e. The topological polar surface area (TPSA) is 92.8 Å². The Hall–Kier alpha value is -2.23. The third kappa shape index (κ3) is 4.74. The first-order valence-electron chi connectivity index (χ1n) is 9.79. The molecule has 0 unspecified atom stereocenters. The van der Waals surface area contributed by atoms with Crippen LogP contribution in [0.4, 0.5) is 5.00 Å². The van der Waals surface area contributed by atoms with E-state index in [0.29, 0.717) is 29.6 Å². The highest BCUT2D eigenvalue weighted by Gasteiger charge is 2.30. The molecule has 0 aliphatic carbocycles. The van der Waals surface area contributed by atoms with Crippen LogP contribution in [0.3, 0.4) is 0 Å². The molecule has 2 aromatic rings. The molecule has 0 saturated carbocycles. The molecule has 1 aromatic carbocycles. The molecule has 0 spiro atoms. The van der Waals surface area contributed by atoms with Gasteiger partial charge in [-0.2, -0.15) is 0 Å². The predicted octanol–water partition coefficient (Wildman–Crippen LogP) is 3.35. The summed E-state index contributed by atoms with van der Waals surface area (Å²) in [5.74, 6) is -0.918. The minimum atomic E-state index is -3.43. The molecule has 1 N–H and O–H groups in total. The number of amides is 1. The van der Waals surface area contributed by atoms with E-state index in [1.54, 1.807) is 13.0 Å². The van der Waals surface area contributed by atoms with Crippen LogP contribution in [-0.2, 0) is 27.5 Å². The molecule has 0 atom stereocenters. The lowest BCUT2D eigenvalue weighted by atomic mass is 10.0. The third-order valence-corrected chi connectivity index (χ3v) is 7.29. The fourth-order valence-electron chi connectivity index (χ4n) is 3.41. The summed E-state index contributed by atoms with van der Waals surface area (Å²) in [5.41, 5.74) is 1.55. The van der Waals surface area contributed by atoms with Crippen LogP contribution in [0.1, 0.15) is 51.9 Å². The van der Waals surface area contributed by atoms with Crippen molar-refractivity contribution < 1.29 is 22.7 Å². The number of rotatable bonds is 6. The minimum Gasteiger partial charge on any atom is -0.462 e. The van der Waals surface area contributed by atoms with Crippen LogP contribution in [0.15, 0.2) is 29.2 Å². The van der Waals surface area contributed by atoms with Gasteiger partial charge in [0.1, 0.15) is 5.00 Å². The number of ether oxygens (including phenoxy) is 1. The minimum absolute atomic E-state index is 0.0683. The number of hydrogen-bond donors (Lipinski definition) is 1. The van der Waals surface area contributed by atoms with Gasteiger partial charge in [0.2, 0.25) is 0 Å². The highest BCUT2D eigenvalue weighted by molar-refractivity contribution is 7.90. The number of esters is 1. The summed E-state index contributed by atoms with van der Waals surface area (Å²) in [6, 6.07) is 6.23. The fraction of sp³-hybridized carbons (Fsp3) is 0.429. The largest absolute Gasteiger partial charge is 0.462 e. The lowest BCUT2D eigenvalue weighted by molar-refractivity contribution is 0.0526. The quantitative estimate of drug-likeness (QED) is 0.679. The fourth-order valence-corrected chi connectivity index (χ4v) is 5.34. The van der Waals surface area contributed by atoms with Gasteiger partial charge in [-0.1, -0.05) is 6.07 Å². The molecule has 0 radical (unpaired) electrons. The van der Waals surface area contributed by atoms with E-state index in [4.69, 9.17) is 4.74 Å². The number of benzene rings is 1. The van der Waals surface area contributed by atoms with Gasteiger partial charge in [0.15, 0.2) is 9.84 Å². The number of carbonyl (C=O) groups excluding carboxylic acids is 2. The number of thiophene rings is 1. The van der Waals surface area contributed by atoms with E-state index in [-0.39, 0.29) is 17.1 Å². The molecule has 1 aromatic heterocycles. The Morgan fingerprint density at radius 2 is 2.03 bits per heavy atom. The number of fused-ring (bicyclic) bond motifs is 1. The van der Waals surface area contributed by atoms with Crippen molar-refractivity contribution in [2.24, 2.45) is 0 Å². The van der Waals surface area contributed by atoms with Crippen molar-refractivity contribution in [2.75, 3.05) is 24.7 Å². The van der Waals surface area contributed by atoms with Gasteiger partial charge in [-0.15, -0.1) is 11.3 Å². The van der Waals surface area contributed by atoms with E-state index >= 15 is 0 Å². The molecule has 3 rings (SSSR count). The van der Waals surface area contributed by atoms with E-state index in [1.807, 2.05) is 0 Å². The van der Waals surface area contributed by atoms with Gasteiger partial charge in [0.05, 0.1) is 17.1 Å². The third-order valence-electron chi connectivity index (χ3n) is 5.05. The normalized spacial score (nSPS) is 14.4. The highest BCUT2D eigenvalue weighted by atomic mass is 32.2. The van der Waals surface area contributed by atoms with Crippen molar-refractivity contribution in [3.05, 3.63) is 45.8 Å². The van der Waals surface area contributed by atoms with Crippen LogP contribution < -0.4 is 5.32 Å². The Bertz CT molecular complexity index is 1070. The Morgan fingerprint density at radius 1 is 1.30 bits per heavy atom. The Morgan fingerprint density at radius 3 is 2.67 bits per heavy atom. The number of nitrogens with zero attached hydrogens (tertiary/aromatic N) is 1. The molecular weight excluding hydrogens is 424 g/mol. The number of carbonyl (C=O) groups is 2. The standard InChI is InChI=1S/C21H26N2O5S2/c1-5-28-21(25)18-16-9-10-23(13(2)3)12-17(16)29-20(18)22-19(24)14-7-6-8-15(11-14)30(4,26)27/h6-8,11,13H,5,9-10,12H2,1-4H3,(H,22,24). The van der Waals surface area contributed by atoms with Crippen molar-refractivity contribution in [1.29, 1.82) is 0 Å². The summed E-state index contributed by atoms with van der Waals surface area (Å²) < 4.78 is 28.9. The van der Waals surface area contributed by atoms with Crippen molar-refractivity contribution in [1.82, 2.24) is 4.90 Å². The van der Waals surface area contributed by atoms with E-state index < -0.39 is 21.7 Å². The van der Waals surface area contributed by atoms with Gasteiger partial charge in [-0.05, 0) is 51.0 Å². The van der Waals surface area contributed by atoms with Crippen molar-refractivity contribution in [2.45, 2.75) is 44.7 Å². The molecule has 0 saturated heterocycles. The Balaban J connectivity index is 1.95. The molecule has 1 aliphatic rings. The van der Waals surface area contributed by atoms with Crippen LogP contribution in [0.2, 0.25) is 0 Å². The zero-order valence-corrected chi connectivity index (χ0v) is 19.2. The smallest absolute Gasteiger partial charge is 0.341 e. The molecule has 0 bridgehead atoms. The molecule has 7 nitrogen and oxygen atoms in total. The SMILES string of the molecule is CCOC(=O)c1c(NC(=O)c2cccc(S(C)(=O)=O)c2)sc2c1CCN(C(C)C)C2. The zero-order valence-electron chi connectivity index (χ0n) is 17.5. The molecule has 0 fully saturated rings. The van der Waals surface area contributed by atoms with E-state index in [2.05, 4.69) is 24.1 Å². The zero-order chi connectivity index (χ0) is 22.1. The van der Waals surface area contributed by atoms with Crippen LogP contribution in [-0.4, -0.2) is 50.6 Å². The van der Waals surface area contributed by atoms with Crippen molar-refractivity contribution in [3.8, 4) is 0 Å². The first-order chi connectivity index (χ1) is 14.1. The van der Waals surface area contributed by atoms with Crippen molar-refractivity contribution in [3.63, 3.8) is 0 Å². The second-order valence-corrected chi connectivity index (χ2v) is 10.6. The van der Waals surface area contributed by atoms with Gasteiger partial charge < -0.3 is 10.1 Å². The summed E-state index contributed by atoms with van der Waals surface area (Å²) in [6.45, 7) is 7.78. The van der Waals surface area contributed by atoms with Crippen LogP contribution in [0.5, 0.6) is 0 Å².